The average Bonchev–Trinajstić information content (AvgIpc) is 2.26. The highest BCUT2D eigenvalue weighted by Crippen LogP contribution is 2.25. The Labute approximate surface area is 115 Å². The van der Waals surface area contributed by atoms with Crippen molar-refractivity contribution >= 4 is 27.4 Å². The highest BCUT2D eigenvalue weighted by molar-refractivity contribution is 9.10. The maximum absolute atomic E-state index is 10.6. The van der Waals surface area contributed by atoms with Gasteiger partial charge in [-0.15, -0.1) is 0 Å². The van der Waals surface area contributed by atoms with E-state index in [-0.39, 0.29) is 11.2 Å². The van der Waals surface area contributed by atoms with E-state index in [1.165, 1.54) is 12.3 Å². The molecule has 0 atom stereocenters. The van der Waals surface area contributed by atoms with E-state index < -0.39 is 4.92 Å². The minimum absolute atomic E-state index is 0.0284. The van der Waals surface area contributed by atoms with Crippen molar-refractivity contribution in [3.63, 3.8) is 0 Å². The molecule has 7 heteroatoms. The van der Waals surface area contributed by atoms with Crippen LogP contribution in [-0.2, 0) is 0 Å². The molecule has 1 N–H and O–H groups in total. The van der Waals surface area contributed by atoms with E-state index in [1.54, 1.807) is 0 Å². The first-order valence-corrected chi connectivity index (χ1v) is 6.24. The number of nitrogens with zero attached hydrogens (tertiary/aromatic N) is 3. The third-order valence-electron chi connectivity index (χ3n) is 2.94. The highest BCUT2D eigenvalue weighted by Gasteiger charge is 2.21. The van der Waals surface area contributed by atoms with Crippen LogP contribution in [0.15, 0.2) is 16.7 Å². The summed E-state index contributed by atoms with van der Waals surface area (Å²) in [5.74, 6) is 0.607. The van der Waals surface area contributed by atoms with E-state index in [2.05, 4.69) is 45.0 Å². The predicted octanol–water partition coefficient (Wildman–Crippen LogP) is 2.50. The van der Waals surface area contributed by atoms with Gasteiger partial charge >= 0.3 is 0 Å². The Balaban J connectivity index is 2.78. The quantitative estimate of drug-likeness (QED) is 0.667. The number of hydrogen-bond acceptors (Lipinski definition) is 5. The standard InChI is InChI=1S/C11H17BrN4O2/c1-11(2,15(3)4)7-14-10-9(12)5-8(6-13-10)16(17)18/h5-6H,7H2,1-4H3,(H,13,14). The Morgan fingerprint density at radius 2 is 2.17 bits per heavy atom. The Kier molecular flexibility index (Phi) is 4.64. The van der Waals surface area contributed by atoms with Gasteiger partial charge in [-0.05, 0) is 43.9 Å². The van der Waals surface area contributed by atoms with Gasteiger partial charge in [-0.3, -0.25) is 10.1 Å². The van der Waals surface area contributed by atoms with Crippen molar-refractivity contribution < 1.29 is 4.92 Å². The number of rotatable bonds is 5. The normalized spacial score (nSPS) is 11.7. The fourth-order valence-corrected chi connectivity index (χ4v) is 1.59. The van der Waals surface area contributed by atoms with Crippen LogP contribution in [0.25, 0.3) is 0 Å². The molecule has 0 aliphatic carbocycles. The Hall–Kier alpha value is -1.21. The van der Waals surface area contributed by atoms with Crippen LogP contribution in [0, 0.1) is 10.1 Å². The first-order valence-electron chi connectivity index (χ1n) is 5.45. The molecule has 1 aromatic rings. The van der Waals surface area contributed by atoms with Gasteiger partial charge in [0.25, 0.3) is 5.69 Å². The summed E-state index contributed by atoms with van der Waals surface area (Å²) in [7, 11) is 4.00. The number of pyridine rings is 1. The van der Waals surface area contributed by atoms with Crippen LogP contribution in [0.4, 0.5) is 11.5 Å². The molecule has 0 aliphatic heterocycles. The van der Waals surface area contributed by atoms with Crippen LogP contribution in [0.1, 0.15) is 13.8 Å². The molecule has 0 radical (unpaired) electrons. The van der Waals surface area contributed by atoms with Gasteiger partial charge in [-0.2, -0.15) is 0 Å². The van der Waals surface area contributed by atoms with E-state index in [0.717, 1.165) is 0 Å². The van der Waals surface area contributed by atoms with E-state index in [0.29, 0.717) is 16.8 Å². The van der Waals surface area contributed by atoms with E-state index in [4.69, 9.17) is 0 Å². The molecule has 0 aromatic carbocycles. The summed E-state index contributed by atoms with van der Waals surface area (Å²) in [4.78, 5) is 16.3. The molecule has 100 valence electrons. The van der Waals surface area contributed by atoms with Crippen LogP contribution in [0.2, 0.25) is 0 Å². The van der Waals surface area contributed by atoms with E-state index in [9.17, 15) is 10.1 Å². The molecule has 6 nitrogen and oxygen atoms in total. The third-order valence-corrected chi connectivity index (χ3v) is 3.54. The summed E-state index contributed by atoms with van der Waals surface area (Å²) in [6, 6.07) is 1.44. The highest BCUT2D eigenvalue weighted by atomic mass is 79.9. The van der Waals surface area contributed by atoms with Crippen LogP contribution < -0.4 is 5.32 Å². The second kappa shape index (κ2) is 5.62. The minimum Gasteiger partial charge on any atom is -0.367 e. The van der Waals surface area contributed by atoms with Crippen LogP contribution in [-0.4, -0.2) is 41.0 Å². The summed E-state index contributed by atoms with van der Waals surface area (Å²) in [5.41, 5.74) is -0.0672. The zero-order valence-electron chi connectivity index (χ0n) is 10.9. The lowest BCUT2D eigenvalue weighted by Gasteiger charge is -2.32. The van der Waals surface area contributed by atoms with E-state index >= 15 is 0 Å². The number of anilines is 1. The van der Waals surface area contributed by atoms with Gasteiger partial charge in [0, 0.05) is 18.2 Å². The second-order valence-electron chi connectivity index (χ2n) is 4.84. The molecular formula is C11H17BrN4O2. The van der Waals surface area contributed by atoms with E-state index in [1.807, 2.05) is 14.1 Å². The van der Waals surface area contributed by atoms with Gasteiger partial charge in [0.1, 0.15) is 12.0 Å². The van der Waals surface area contributed by atoms with Crippen molar-refractivity contribution in [2.75, 3.05) is 26.0 Å². The smallest absolute Gasteiger partial charge is 0.288 e. The van der Waals surface area contributed by atoms with Gasteiger partial charge in [-0.25, -0.2) is 4.98 Å². The molecule has 0 aliphatic rings. The molecule has 0 fully saturated rings. The van der Waals surface area contributed by atoms with Crippen molar-refractivity contribution in [1.29, 1.82) is 0 Å². The maximum Gasteiger partial charge on any atom is 0.288 e. The fourth-order valence-electron chi connectivity index (χ4n) is 1.12. The second-order valence-corrected chi connectivity index (χ2v) is 5.70. The minimum atomic E-state index is -0.467. The average molecular weight is 317 g/mol. The Morgan fingerprint density at radius 1 is 1.56 bits per heavy atom. The molecule has 0 saturated heterocycles. The van der Waals surface area contributed by atoms with Crippen LogP contribution in [0.5, 0.6) is 0 Å². The zero-order chi connectivity index (χ0) is 13.9. The molecule has 0 spiro atoms. The lowest BCUT2D eigenvalue weighted by molar-refractivity contribution is -0.385. The molecular weight excluding hydrogens is 300 g/mol. The zero-order valence-corrected chi connectivity index (χ0v) is 12.5. The maximum atomic E-state index is 10.6. The number of aromatic nitrogens is 1. The number of likely N-dealkylation sites (N-methyl/N-ethyl adjacent to an activating group) is 1. The molecule has 18 heavy (non-hydrogen) atoms. The summed E-state index contributed by atoms with van der Waals surface area (Å²) >= 11 is 3.28. The number of halogens is 1. The summed E-state index contributed by atoms with van der Waals surface area (Å²) in [6.07, 6.45) is 1.25. The molecule has 0 bridgehead atoms. The third kappa shape index (κ3) is 3.64. The predicted molar refractivity (Wildman–Crippen MR) is 74.8 cm³/mol. The van der Waals surface area contributed by atoms with Gasteiger partial charge in [0.2, 0.25) is 0 Å². The van der Waals surface area contributed by atoms with Gasteiger partial charge < -0.3 is 10.2 Å². The summed E-state index contributed by atoms with van der Waals surface area (Å²) in [5, 5.41) is 13.8. The Morgan fingerprint density at radius 3 is 2.61 bits per heavy atom. The van der Waals surface area contributed by atoms with Gasteiger partial charge in [0.15, 0.2) is 0 Å². The molecule has 1 heterocycles. The van der Waals surface area contributed by atoms with Crippen molar-refractivity contribution in [3.8, 4) is 0 Å². The monoisotopic (exact) mass is 316 g/mol. The van der Waals surface area contributed by atoms with Crippen molar-refractivity contribution in [2.45, 2.75) is 19.4 Å². The van der Waals surface area contributed by atoms with Crippen molar-refractivity contribution in [1.82, 2.24) is 9.88 Å². The molecule has 0 saturated carbocycles. The Bertz CT molecular complexity index is 449. The summed E-state index contributed by atoms with van der Waals surface area (Å²) < 4.78 is 0.589. The van der Waals surface area contributed by atoms with Crippen LogP contribution >= 0.6 is 15.9 Å². The van der Waals surface area contributed by atoms with Gasteiger partial charge in [-0.1, -0.05) is 0 Å². The lowest BCUT2D eigenvalue weighted by Crippen LogP contribution is -2.44. The largest absolute Gasteiger partial charge is 0.367 e. The fraction of sp³-hybridized carbons (Fsp3) is 0.545. The molecule has 1 rings (SSSR count). The summed E-state index contributed by atoms with van der Waals surface area (Å²) in [6.45, 7) is 4.88. The number of hydrogen-bond donors (Lipinski definition) is 1. The number of nitro groups is 1. The molecule has 1 aromatic heterocycles. The van der Waals surface area contributed by atoms with Crippen LogP contribution in [0.3, 0.4) is 0 Å². The first kappa shape index (κ1) is 14.8. The molecule has 0 unspecified atom stereocenters. The lowest BCUT2D eigenvalue weighted by atomic mass is 10.0. The number of nitrogens with one attached hydrogen (secondary N) is 1. The van der Waals surface area contributed by atoms with Crippen molar-refractivity contribution in [2.24, 2.45) is 0 Å². The first-order chi connectivity index (χ1) is 8.24. The SMILES string of the molecule is CN(C)C(C)(C)CNc1ncc([N+](=O)[O-])cc1Br. The van der Waals surface area contributed by atoms with Gasteiger partial charge in [0.05, 0.1) is 9.40 Å². The topological polar surface area (TPSA) is 71.3 Å². The molecule has 0 amide bonds. The van der Waals surface area contributed by atoms with Crippen molar-refractivity contribution in [3.05, 3.63) is 26.9 Å².